The standard InChI is InChI=1S/C23H25N5O3S/c24-22(29)26-14-10-15-3-4-16(11-14)28(15)12-18-9-13-8-17(5-6-19(13)30-18)31-23-27-21-20(32-23)2-1-7-25-21/h1-2,5-8,14-16,18H,3-4,9-12H2,(H3,24,26,29)/t14-,15+,16-,18?. The number of thiazole rings is 1. The van der Waals surface area contributed by atoms with E-state index in [1.165, 1.54) is 29.7 Å². The van der Waals surface area contributed by atoms with Gasteiger partial charge in [0.2, 0.25) is 0 Å². The predicted octanol–water partition coefficient (Wildman–Crippen LogP) is 3.45. The van der Waals surface area contributed by atoms with E-state index in [2.05, 4.69) is 26.3 Å². The van der Waals surface area contributed by atoms with Crippen molar-refractivity contribution in [2.75, 3.05) is 6.54 Å². The van der Waals surface area contributed by atoms with Crippen molar-refractivity contribution >= 4 is 27.7 Å². The first kappa shape index (κ1) is 19.8. The van der Waals surface area contributed by atoms with Crippen molar-refractivity contribution in [3.05, 3.63) is 42.1 Å². The van der Waals surface area contributed by atoms with Crippen LogP contribution in [0.3, 0.4) is 0 Å². The molecule has 0 aliphatic carbocycles. The minimum absolute atomic E-state index is 0.135. The topological polar surface area (TPSA) is 103 Å². The zero-order valence-corrected chi connectivity index (χ0v) is 18.4. The monoisotopic (exact) mass is 451 g/mol. The van der Waals surface area contributed by atoms with Crippen LogP contribution in [0.25, 0.3) is 10.3 Å². The Bertz CT molecular complexity index is 1120. The third-order valence-electron chi connectivity index (χ3n) is 6.77. The molecule has 9 heteroatoms. The molecule has 166 valence electrons. The zero-order chi connectivity index (χ0) is 21.7. The summed E-state index contributed by atoms with van der Waals surface area (Å²) < 4.78 is 13.3. The van der Waals surface area contributed by atoms with Gasteiger partial charge in [-0.25, -0.2) is 9.78 Å². The van der Waals surface area contributed by atoms with Crippen LogP contribution < -0.4 is 20.5 Å². The van der Waals surface area contributed by atoms with Crippen molar-refractivity contribution in [3.63, 3.8) is 0 Å². The molecule has 2 fully saturated rings. The van der Waals surface area contributed by atoms with Gasteiger partial charge in [0.25, 0.3) is 5.19 Å². The van der Waals surface area contributed by atoms with Gasteiger partial charge in [0.1, 0.15) is 17.6 Å². The molecule has 1 unspecified atom stereocenters. The normalized spacial score (nSPS) is 26.6. The number of benzene rings is 1. The van der Waals surface area contributed by atoms with Crippen LogP contribution in [0.1, 0.15) is 31.2 Å². The van der Waals surface area contributed by atoms with Crippen LogP contribution in [0, 0.1) is 0 Å². The Labute approximate surface area is 189 Å². The Hall–Kier alpha value is -2.91. The van der Waals surface area contributed by atoms with Crippen LogP contribution in [0.4, 0.5) is 4.79 Å². The molecule has 3 N–H and O–H groups in total. The number of carbonyl (C=O) groups excluding carboxylic acids is 1. The number of aromatic nitrogens is 2. The van der Waals surface area contributed by atoms with Crippen molar-refractivity contribution in [2.45, 2.75) is 56.3 Å². The Morgan fingerprint density at radius 3 is 2.91 bits per heavy atom. The third-order valence-corrected chi connectivity index (χ3v) is 7.66. The summed E-state index contributed by atoms with van der Waals surface area (Å²) >= 11 is 1.49. The lowest BCUT2D eigenvalue weighted by atomic mass is 9.96. The summed E-state index contributed by atoms with van der Waals surface area (Å²) in [7, 11) is 0. The van der Waals surface area contributed by atoms with E-state index in [1.807, 2.05) is 24.3 Å². The van der Waals surface area contributed by atoms with Gasteiger partial charge in [-0.2, -0.15) is 4.98 Å². The van der Waals surface area contributed by atoms with Crippen LogP contribution in [0.5, 0.6) is 16.7 Å². The van der Waals surface area contributed by atoms with Crippen LogP contribution in [0.15, 0.2) is 36.5 Å². The number of hydrogen-bond acceptors (Lipinski definition) is 7. The number of rotatable bonds is 5. The van der Waals surface area contributed by atoms with Gasteiger partial charge in [-0.3, -0.25) is 4.90 Å². The molecule has 3 aliphatic rings. The number of hydrogen-bond donors (Lipinski definition) is 2. The van der Waals surface area contributed by atoms with E-state index < -0.39 is 6.03 Å². The molecule has 4 atom stereocenters. The van der Waals surface area contributed by atoms with E-state index >= 15 is 0 Å². The average Bonchev–Trinajstić information content (AvgIpc) is 3.41. The molecular weight excluding hydrogens is 426 g/mol. The van der Waals surface area contributed by atoms with Crippen LogP contribution >= 0.6 is 11.3 Å². The number of nitrogens with one attached hydrogen (secondary N) is 1. The molecule has 2 saturated heterocycles. The largest absolute Gasteiger partial charge is 0.488 e. The van der Waals surface area contributed by atoms with Gasteiger partial charge >= 0.3 is 6.03 Å². The number of nitrogens with two attached hydrogens (primary N) is 1. The molecule has 1 aromatic carbocycles. The van der Waals surface area contributed by atoms with E-state index in [4.69, 9.17) is 15.2 Å². The number of primary amides is 1. The molecule has 6 rings (SSSR count). The average molecular weight is 452 g/mol. The lowest BCUT2D eigenvalue weighted by molar-refractivity contribution is 0.0728. The SMILES string of the molecule is NC(=O)N[C@H]1C[C@H]2CC[C@@H](C1)N2CC1Cc2cc(Oc3nc4ncccc4s3)ccc2O1. The van der Waals surface area contributed by atoms with Crippen molar-refractivity contribution in [2.24, 2.45) is 5.73 Å². The molecule has 8 nitrogen and oxygen atoms in total. The van der Waals surface area contributed by atoms with Gasteiger partial charge in [-0.05, 0) is 56.0 Å². The molecule has 3 aromatic rings. The van der Waals surface area contributed by atoms with Gasteiger partial charge in [0.05, 0.1) is 4.70 Å². The van der Waals surface area contributed by atoms with Gasteiger partial charge < -0.3 is 20.5 Å². The highest BCUT2D eigenvalue weighted by Gasteiger charge is 2.42. The maximum atomic E-state index is 11.2. The fraction of sp³-hybridized carbons (Fsp3) is 0.435. The molecule has 0 radical (unpaired) electrons. The summed E-state index contributed by atoms with van der Waals surface area (Å²) in [5.74, 6) is 1.71. The number of ether oxygens (including phenoxy) is 2. The van der Waals surface area contributed by atoms with E-state index in [1.54, 1.807) is 6.20 Å². The number of fused-ring (bicyclic) bond motifs is 4. The Morgan fingerprint density at radius 1 is 1.28 bits per heavy atom. The predicted molar refractivity (Wildman–Crippen MR) is 121 cm³/mol. The molecule has 3 aliphatic heterocycles. The Balaban J connectivity index is 1.10. The fourth-order valence-electron chi connectivity index (χ4n) is 5.48. The highest BCUT2D eigenvalue weighted by molar-refractivity contribution is 7.20. The van der Waals surface area contributed by atoms with Gasteiger partial charge in [-0.1, -0.05) is 11.3 Å². The Kier molecular flexibility index (Phi) is 4.87. The number of nitrogens with zero attached hydrogens (tertiary/aromatic N) is 3. The first-order valence-corrected chi connectivity index (χ1v) is 11.9. The molecule has 2 bridgehead atoms. The van der Waals surface area contributed by atoms with Crippen LogP contribution in [-0.4, -0.2) is 51.7 Å². The maximum Gasteiger partial charge on any atom is 0.312 e. The molecule has 2 aromatic heterocycles. The number of amides is 2. The second-order valence-electron chi connectivity index (χ2n) is 8.88. The number of urea groups is 1. The van der Waals surface area contributed by atoms with Crippen LogP contribution in [-0.2, 0) is 6.42 Å². The van der Waals surface area contributed by atoms with E-state index in [0.29, 0.717) is 22.9 Å². The summed E-state index contributed by atoms with van der Waals surface area (Å²) in [6, 6.07) is 10.6. The lowest BCUT2D eigenvalue weighted by Gasteiger charge is -2.39. The Morgan fingerprint density at radius 2 is 2.12 bits per heavy atom. The van der Waals surface area contributed by atoms with Gasteiger partial charge in [-0.15, -0.1) is 0 Å². The quantitative estimate of drug-likeness (QED) is 0.616. The molecule has 5 heterocycles. The van der Waals surface area contributed by atoms with Gasteiger partial charge in [0, 0.05) is 42.9 Å². The van der Waals surface area contributed by atoms with E-state index in [0.717, 1.165) is 42.0 Å². The zero-order valence-electron chi connectivity index (χ0n) is 17.6. The maximum absolute atomic E-state index is 11.2. The number of carbonyl (C=O) groups is 1. The second kappa shape index (κ2) is 7.90. The molecular formula is C23H25N5O3S. The van der Waals surface area contributed by atoms with E-state index in [-0.39, 0.29) is 12.1 Å². The highest BCUT2D eigenvalue weighted by atomic mass is 32.1. The minimum atomic E-state index is -0.419. The number of pyridine rings is 1. The van der Waals surface area contributed by atoms with Crippen LogP contribution in [0.2, 0.25) is 0 Å². The van der Waals surface area contributed by atoms with Crippen molar-refractivity contribution in [1.29, 1.82) is 0 Å². The summed E-state index contributed by atoms with van der Waals surface area (Å²) in [6.07, 6.45) is 7.03. The summed E-state index contributed by atoms with van der Waals surface area (Å²) in [5.41, 5.74) is 7.21. The van der Waals surface area contributed by atoms with Crippen molar-refractivity contribution in [3.8, 4) is 16.7 Å². The third kappa shape index (κ3) is 3.75. The van der Waals surface area contributed by atoms with Crippen molar-refractivity contribution < 1.29 is 14.3 Å². The van der Waals surface area contributed by atoms with E-state index in [9.17, 15) is 4.79 Å². The summed E-state index contributed by atoms with van der Waals surface area (Å²) in [4.78, 5) is 22.5. The molecule has 0 spiro atoms. The molecule has 32 heavy (non-hydrogen) atoms. The number of piperidine rings is 1. The molecule has 2 amide bonds. The van der Waals surface area contributed by atoms with Crippen molar-refractivity contribution in [1.82, 2.24) is 20.2 Å². The first-order valence-electron chi connectivity index (χ1n) is 11.1. The fourth-order valence-corrected chi connectivity index (χ4v) is 6.28. The first-order chi connectivity index (χ1) is 15.6. The highest BCUT2D eigenvalue weighted by Crippen LogP contribution is 2.39. The second-order valence-corrected chi connectivity index (χ2v) is 9.87. The summed E-state index contributed by atoms with van der Waals surface area (Å²) in [5, 5.41) is 3.50. The lowest BCUT2D eigenvalue weighted by Crippen LogP contribution is -2.53. The summed E-state index contributed by atoms with van der Waals surface area (Å²) in [6.45, 7) is 0.910. The smallest absolute Gasteiger partial charge is 0.312 e. The molecule has 0 saturated carbocycles. The van der Waals surface area contributed by atoms with Gasteiger partial charge in [0.15, 0.2) is 5.65 Å². The minimum Gasteiger partial charge on any atom is -0.488 e.